The Morgan fingerprint density at radius 1 is 1.29 bits per heavy atom. The van der Waals surface area contributed by atoms with E-state index in [1.165, 1.54) is 24.3 Å². The molecule has 0 atom stereocenters. The van der Waals surface area contributed by atoms with Gasteiger partial charge in [0.1, 0.15) is 24.1 Å². The second-order valence-electron chi connectivity index (χ2n) is 3.81. The fourth-order valence-electron chi connectivity index (χ4n) is 1.29. The summed E-state index contributed by atoms with van der Waals surface area (Å²) in [4.78, 5) is 10.7. The molecule has 0 spiro atoms. The lowest BCUT2D eigenvalue weighted by molar-refractivity contribution is -0.304. The predicted octanol–water partition coefficient (Wildman–Crippen LogP) is 1.97. The molecule has 0 saturated carbocycles. The molecular weight excluding hydrogens is 313 g/mol. The van der Waals surface area contributed by atoms with Crippen LogP contribution in [0, 0.1) is 0 Å². The van der Waals surface area contributed by atoms with Gasteiger partial charge in [-0.3, -0.25) is 0 Å². The normalized spacial score (nSPS) is 12.1. The maximum atomic E-state index is 12.0. The smallest absolute Gasteiger partial charge is 0.422 e. The monoisotopic (exact) mass is 323 g/mol. The van der Waals surface area contributed by atoms with Crippen LogP contribution < -0.4 is 9.84 Å². The number of ether oxygens (including phenoxy) is 2. The zero-order valence-corrected chi connectivity index (χ0v) is 11.4. The number of carbonyl (C=O) groups is 1. The standard InChI is InChI=1S/C13H12ClF3O4/c14-5-6-20-10-3-1-9(2-4-10)7-11(12(18)19)21-8-13(15,16)17/h1-4,7H,5-6,8H2,(H,18,19)/p-1. The molecule has 0 amide bonds. The van der Waals surface area contributed by atoms with E-state index in [4.69, 9.17) is 16.3 Å². The van der Waals surface area contributed by atoms with Gasteiger partial charge in [0.2, 0.25) is 0 Å². The third-order valence-corrected chi connectivity index (χ3v) is 2.27. The van der Waals surface area contributed by atoms with Gasteiger partial charge < -0.3 is 19.4 Å². The number of halogens is 4. The molecule has 0 radical (unpaired) electrons. The van der Waals surface area contributed by atoms with Gasteiger partial charge in [0, 0.05) is 0 Å². The van der Waals surface area contributed by atoms with Crippen LogP contribution in [-0.2, 0) is 9.53 Å². The van der Waals surface area contributed by atoms with E-state index in [0.717, 1.165) is 6.08 Å². The number of hydrogen-bond donors (Lipinski definition) is 0. The van der Waals surface area contributed by atoms with Crippen LogP contribution in [0.4, 0.5) is 13.2 Å². The van der Waals surface area contributed by atoms with Crippen molar-refractivity contribution >= 4 is 23.6 Å². The van der Waals surface area contributed by atoms with Crippen LogP contribution in [0.3, 0.4) is 0 Å². The van der Waals surface area contributed by atoms with Crippen molar-refractivity contribution in [1.29, 1.82) is 0 Å². The minimum absolute atomic E-state index is 0.301. The highest BCUT2D eigenvalue weighted by molar-refractivity contribution is 6.18. The zero-order valence-electron chi connectivity index (χ0n) is 10.7. The van der Waals surface area contributed by atoms with Crippen LogP contribution in [0.1, 0.15) is 5.56 Å². The summed E-state index contributed by atoms with van der Waals surface area (Å²) in [6.07, 6.45) is -3.69. The molecule has 0 aliphatic carbocycles. The van der Waals surface area contributed by atoms with Crippen LogP contribution in [0.5, 0.6) is 5.75 Å². The Labute approximate surface area is 123 Å². The van der Waals surface area contributed by atoms with Crippen molar-refractivity contribution in [2.75, 3.05) is 19.1 Å². The highest BCUT2D eigenvalue weighted by atomic mass is 35.5. The van der Waals surface area contributed by atoms with E-state index in [2.05, 4.69) is 4.74 Å². The molecule has 8 heteroatoms. The number of carboxylic acids is 1. The summed E-state index contributed by atoms with van der Waals surface area (Å²) >= 11 is 5.44. The lowest BCUT2D eigenvalue weighted by Gasteiger charge is -2.13. The van der Waals surface area contributed by atoms with Gasteiger partial charge in [0.25, 0.3) is 0 Å². The Balaban J connectivity index is 2.78. The maximum absolute atomic E-state index is 12.0. The van der Waals surface area contributed by atoms with E-state index >= 15 is 0 Å². The van der Waals surface area contributed by atoms with Gasteiger partial charge >= 0.3 is 6.18 Å². The summed E-state index contributed by atoms with van der Waals surface area (Å²) in [5.41, 5.74) is 0.328. The molecule has 0 heterocycles. The molecule has 1 aromatic carbocycles. The van der Waals surface area contributed by atoms with Crippen molar-refractivity contribution in [1.82, 2.24) is 0 Å². The quantitative estimate of drug-likeness (QED) is 0.437. The van der Waals surface area contributed by atoms with E-state index in [0.29, 0.717) is 23.8 Å². The lowest BCUT2D eigenvalue weighted by atomic mass is 10.2. The number of alkyl halides is 4. The van der Waals surface area contributed by atoms with E-state index < -0.39 is 24.5 Å². The van der Waals surface area contributed by atoms with Crippen molar-refractivity contribution in [3.63, 3.8) is 0 Å². The van der Waals surface area contributed by atoms with E-state index in [9.17, 15) is 23.1 Å². The Morgan fingerprint density at radius 2 is 1.90 bits per heavy atom. The molecule has 0 unspecified atom stereocenters. The minimum Gasteiger partial charge on any atom is -0.542 e. The average Bonchev–Trinajstić information content (AvgIpc) is 2.41. The largest absolute Gasteiger partial charge is 0.542 e. The van der Waals surface area contributed by atoms with Crippen molar-refractivity contribution in [3.8, 4) is 5.75 Å². The van der Waals surface area contributed by atoms with E-state index in [1.807, 2.05) is 0 Å². The fourth-order valence-corrected chi connectivity index (χ4v) is 1.36. The van der Waals surface area contributed by atoms with Crippen molar-refractivity contribution in [3.05, 3.63) is 35.6 Å². The fraction of sp³-hybridized carbons (Fsp3) is 0.308. The summed E-state index contributed by atoms with van der Waals surface area (Å²) in [5, 5.41) is 10.7. The lowest BCUT2D eigenvalue weighted by Crippen LogP contribution is -2.28. The van der Waals surface area contributed by atoms with Gasteiger partial charge in [-0.05, 0) is 23.8 Å². The molecule has 0 aliphatic heterocycles. The van der Waals surface area contributed by atoms with Crippen molar-refractivity contribution < 1.29 is 32.5 Å². The highest BCUT2D eigenvalue weighted by Gasteiger charge is 2.28. The molecule has 21 heavy (non-hydrogen) atoms. The maximum Gasteiger partial charge on any atom is 0.422 e. The van der Waals surface area contributed by atoms with Gasteiger partial charge in [0.15, 0.2) is 6.61 Å². The van der Waals surface area contributed by atoms with E-state index in [1.54, 1.807) is 0 Å². The second-order valence-corrected chi connectivity index (χ2v) is 4.18. The topological polar surface area (TPSA) is 58.6 Å². The predicted molar refractivity (Wildman–Crippen MR) is 67.6 cm³/mol. The SMILES string of the molecule is O=C([O-])C(=Cc1ccc(OCCCl)cc1)OCC(F)(F)F. The minimum atomic E-state index is -4.63. The third kappa shape index (κ3) is 6.89. The molecule has 0 N–H and O–H groups in total. The molecule has 0 saturated heterocycles. The molecule has 0 bridgehead atoms. The molecule has 0 fully saturated rings. The summed E-state index contributed by atoms with van der Waals surface area (Å²) in [6.45, 7) is -1.40. The van der Waals surface area contributed by atoms with Gasteiger partial charge in [-0.2, -0.15) is 13.2 Å². The summed E-state index contributed by atoms with van der Waals surface area (Å²) in [5.74, 6) is -1.93. The number of rotatable bonds is 7. The Bertz CT molecular complexity index is 497. The van der Waals surface area contributed by atoms with Gasteiger partial charge in [-0.15, -0.1) is 11.6 Å². The molecule has 1 rings (SSSR count). The first-order chi connectivity index (χ1) is 9.81. The first-order valence-electron chi connectivity index (χ1n) is 5.73. The number of aliphatic carboxylic acids is 1. The molecule has 116 valence electrons. The number of hydrogen-bond acceptors (Lipinski definition) is 4. The van der Waals surface area contributed by atoms with Crippen LogP contribution in [-0.4, -0.2) is 31.2 Å². The first-order valence-corrected chi connectivity index (χ1v) is 6.26. The van der Waals surface area contributed by atoms with Crippen molar-refractivity contribution in [2.24, 2.45) is 0 Å². The Kier molecular flexibility index (Phi) is 6.36. The summed E-state index contributed by atoms with van der Waals surface area (Å²) in [7, 11) is 0. The zero-order chi connectivity index (χ0) is 15.9. The average molecular weight is 324 g/mol. The molecule has 0 aliphatic rings. The van der Waals surface area contributed by atoms with Gasteiger partial charge in [-0.1, -0.05) is 12.1 Å². The van der Waals surface area contributed by atoms with Crippen LogP contribution in [0.2, 0.25) is 0 Å². The van der Waals surface area contributed by atoms with Gasteiger partial charge in [0.05, 0.1) is 5.88 Å². The van der Waals surface area contributed by atoms with Crippen LogP contribution in [0.25, 0.3) is 6.08 Å². The Hall–Kier alpha value is -1.89. The number of benzene rings is 1. The van der Waals surface area contributed by atoms with Crippen LogP contribution >= 0.6 is 11.6 Å². The van der Waals surface area contributed by atoms with Crippen LogP contribution in [0.15, 0.2) is 30.0 Å². The Morgan fingerprint density at radius 3 is 2.38 bits per heavy atom. The van der Waals surface area contributed by atoms with E-state index in [-0.39, 0.29) is 0 Å². The number of carbonyl (C=O) groups excluding carboxylic acids is 1. The number of carboxylic acid groups (broad SMARTS) is 1. The highest BCUT2D eigenvalue weighted by Crippen LogP contribution is 2.19. The molecular formula is C13H11ClF3O4-. The van der Waals surface area contributed by atoms with Gasteiger partial charge in [-0.25, -0.2) is 0 Å². The molecule has 0 aromatic heterocycles. The molecule has 4 nitrogen and oxygen atoms in total. The molecule has 1 aromatic rings. The summed E-state index contributed by atoms with van der Waals surface area (Å²) in [6, 6.07) is 5.97. The van der Waals surface area contributed by atoms with Crippen molar-refractivity contribution in [2.45, 2.75) is 6.18 Å². The second kappa shape index (κ2) is 7.78. The first kappa shape index (κ1) is 17.2. The third-order valence-electron chi connectivity index (χ3n) is 2.12. The summed E-state index contributed by atoms with van der Waals surface area (Å²) < 4.78 is 45.4.